The molecule has 1 radical (unpaired) electrons. The standard InChI is InChI=1S/C14H6Br2ClF7NS/c15-7-4-8(26-14(23,24)12(18,19)13(20,21)22)6-11(16,5-7)9-2-1-3-25-10(9)17/h1-6H. The van der Waals surface area contributed by atoms with E-state index < -0.39 is 38.3 Å². The Balaban J connectivity index is 2.43. The van der Waals surface area contributed by atoms with E-state index in [1.807, 2.05) is 0 Å². The molecular weight excluding hydrogens is 542 g/mol. The summed E-state index contributed by atoms with van der Waals surface area (Å²) in [5.74, 6) is -6.21. The van der Waals surface area contributed by atoms with E-state index in [1.165, 1.54) is 24.8 Å². The molecule has 0 aliphatic heterocycles. The zero-order valence-electron chi connectivity index (χ0n) is 12.1. The second kappa shape index (κ2) is 7.29. The highest BCUT2D eigenvalue weighted by molar-refractivity contribution is 9.12. The molecule has 1 aromatic rings. The number of allylic oxidation sites excluding steroid dienone is 3. The monoisotopic (exact) mass is 546 g/mol. The van der Waals surface area contributed by atoms with E-state index in [4.69, 9.17) is 11.6 Å². The first-order valence-electron chi connectivity index (χ1n) is 6.47. The first kappa shape index (κ1) is 22.0. The molecule has 0 bridgehead atoms. The van der Waals surface area contributed by atoms with Crippen LogP contribution in [0.2, 0.25) is 5.15 Å². The molecule has 0 N–H and O–H groups in total. The van der Waals surface area contributed by atoms with Crippen LogP contribution in [0.25, 0.3) is 0 Å². The maximum absolute atomic E-state index is 13.7. The first-order valence-corrected chi connectivity index (χ1v) is 9.25. The van der Waals surface area contributed by atoms with Gasteiger partial charge in [-0.2, -0.15) is 30.7 Å². The third-order valence-electron chi connectivity index (χ3n) is 3.12. The van der Waals surface area contributed by atoms with Crippen molar-refractivity contribution in [3.05, 3.63) is 57.0 Å². The number of rotatable bonds is 4. The Hall–Kier alpha value is -0.260. The van der Waals surface area contributed by atoms with Crippen molar-refractivity contribution in [1.82, 2.24) is 4.98 Å². The third-order valence-corrected chi connectivity index (χ3v) is 5.75. The molecule has 0 fully saturated rings. The second-order valence-electron chi connectivity index (χ2n) is 5.02. The van der Waals surface area contributed by atoms with E-state index in [-0.39, 0.29) is 15.2 Å². The predicted octanol–water partition coefficient (Wildman–Crippen LogP) is 7.23. The Kier molecular flexibility index (Phi) is 6.18. The normalized spacial score (nSPS) is 22.1. The van der Waals surface area contributed by atoms with Gasteiger partial charge in [-0.1, -0.05) is 49.5 Å². The summed E-state index contributed by atoms with van der Waals surface area (Å²) in [5, 5.41) is -5.43. The van der Waals surface area contributed by atoms with Crippen LogP contribution in [0.4, 0.5) is 30.7 Å². The molecule has 0 saturated carbocycles. The van der Waals surface area contributed by atoms with Gasteiger partial charge in [-0.15, -0.1) is 0 Å². The second-order valence-corrected chi connectivity index (χ2v) is 8.80. The summed E-state index contributed by atoms with van der Waals surface area (Å²) >= 11 is 11.3. The SMILES string of the molecule is FC(F)(F)C(F)(F)C(F)(F)SC1=CC(Br)(c2cccnc2Cl)[CH]C(Br)=C1. The molecular formula is C14H6Br2ClF7NS. The van der Waals surface area contributed by atoms with Crippen LogP contribution in [-0.2, 0) is 4.32 Å². The molecule has 12 heteroatoms. The van der Waals surface area contributed by atoms with E-state index in [0.29, 0.717) is 0 Å². The van der Waals surface area contributed by atoms with Crippen LogP contribution >= 0.6 is 55.2 Å². The fourth-order valence-corrected chi connectivity index (χ4v) is 5.32. The summed E-state index contributed by atoms with van der Waals surface area (Å²) in [5.41, 5.74) is 0.288. The van der Waals surface area contributed by atoms with Crippen LogP contribution in [0.5, 0.6) is 0 Å². The average molecular weight is 549 g/mol. The molecule has 1 unspecified atom stereocenters. The van der Waals surface area contributed by atoms with Gasteiger partial charge in [-0.05, 0) is 30.0 Å². The molecule has 0 aromatic carbocycles. The molecule has 0 saturated heterocycles. The smallest absolute Gasteiger partial charge is 0.244 e. The fraction of sp³-hybridized carbons (Fsp3) is 0.286. The Morgan fingerprint density at radius 1 is 1.12 bits per heavy atom. The summed E-state index contributed by atoms with van der Waals surface area (Å²) in [6.07, 6.45) is -1.53. The number of aromatic nitrogens is 1. The maximum atomic E-state index is 13.7. The Labute approximate surface area is 169 Å². The van der Waals surface area contributed by atoms with Gasteiger partial charge in [0.05, 0.1) is 4.32 Å². The number of hydrogen-bond acceptors (Lipinski definition) is 2. The Bertz CT molecular complexity index is 766. The van der Waals surface area contributed by atoms with Crippen molar-refractivity contribution < 1.29 is 30.7 Å². The van der Waals surface area contributed by atoms with Crippen LogP contribution in [0.15, 0.2) is 39.9 Å². The van der Waals surface area contributed by atoms with Gasteiger partial charge >= 0.3 is 17.4 Å². The van der Waals surface area contributed by atoms with Gasteiger partial charge in [0.15, 0.2) is 0 Å². The first-order chi connectivity index (χ1) is 11.7. The number of alkyl halides is 8. The molecule has 1 heterocycles. The van der Waals surface area contributed by atoms with Crippen molar-refractivity contribution in [1.29, 1.82) is 0 Å². The van der Waals surface area contributed by atoms with Gasteiger partial charge in [-0.3, -0.25) is 0 Å². The van der Waals surface area contributed by atoms with E-state index in [2.05, 4.69) is 36.8 Å². The molecule has 1 aromatic heterocycles. The molecule has 1 aliphatic carbocycles. The average Bonchev–Trinajstić information content (AvgIpc) is 2.44. The number of pyridine rings is 1. The van der Waals surface area contributed by atoms with Crippen molar-refractivity contribution in [2.24, 2.45) is 0 Å². The van der Waals surface area contributed by atoms with Crippen LogP contribution in [-0.4, -0.2) is 22.3 Å². The van der Waals surface area contributed by atoms with E-state index >= 15 is 0 Å². The highest BCUT2D eigenvalue weighted by Gasteiger charge is 2.73. The molecule has 1 atom stereocenters. The maximum Gasteiger partial charge on any atom is 0.460 e. The van der Waals surface area contributed by atoms with Gasteiger partial charge in [0, 0.05) is 27.6 Å². The molecule has 26 heavy (non-hydrogen) atoms. The summed E-state index contributed by atoms with van der Waals surface area (Å²) < 4.78 is 89.4. The lowest BCUT2D eigenvalue weighted by atomic mass is 9.93. The third kappa shape index (κ3) is 4.25. The quantitative estimate of drug-likeness (QED) is 0.224. The summed E-state index contributed by atoms with van der Waals surface area (Å²) in [7, 11) is 0. The molecule has 0 spiro atoms. The topological polar surface area (TPSA) is 12.9 Å². The van der Waals surface area contributed by atoms with Crippen molar-refractivity contribution in [3.63, 3.8) is 0 Å². The minimum Gasteiger partial charge on any atom is -0.244 e. The predicted molar refractivity (Wildman–Crippen MR) is 92.8 cm³/mol. The van der Waals surface area contributed by atoms with Crippen LogP contribution in [0.1, 0.15) is 5.56 Å². The number of hydrogen-bond donors (Lipinski definition) is 0. The van der Waals surface area contributed by atoms with Crippen molar-refractivity contribution >= 4 is 55.2 Å². The highest BCUT2D eigenvalue weighted by Crippen LogP contribution is 2.56. The highest BCUT2D eigenvalue weighted by atomic mass is 79.9. The van der Waals surface area contributed by atoms with Gasteiger partial charge < -0.3 is 0 Å². The van der Waals surface area contributed by atoms with Gasteiger partial charge in [0.1, 0.15) is 5.15 Å². The lowest BCUT2D eigenvalue weighted by molar-refractivity contribution is -0.330. The van der Waals surface area contributed by atoms with Crippen LogP contribution < -0.4 is 0 Å². The zero-order chi connectivity index (χ0) is 20.0. The van der Waals surface area contributed by atoms with Crippen LogP contribution in [0, 0.1) is 6.42 Å². The molecule has 1 aliphatic rings. The largest absolute Gasteiger partial charge is 0.460 e. The van der Waals surface area contributed by atoms with Gasteiger partial charge in [-0.25, -0.2) is 4.98 Å². The minimum atomic E-state index is -6.40. The molecule has 2 rings (SSSR count). The lowest BCUT2D eigenvalue weighted by Gasteiger charge is -2.31. The van der Waals surface area contributed by atoms with E-state index in [1.54, 1.807) is 0 Å². The Morgan fingerprint density at radius 3 is 2.27 bits per heavy atom. The molecule has 1 nitrogen and oxygen atoms in total. The summed E-state index contributed by atoms with van der Waals surface area (Å²) in [6, 6.07) is 2.99. The van der Waals surface area contributed by atoms with Gasteiger partial charge in [0.25, 0.3) is 0 Å². The van der Waals surface area contributed by atoms with Crippen molar-refractivity contribution in [3.8, 4) is 0 Å². The van der Waals surface area contributed by atoms with Crippen LogP contribution in [0.3, 0.4) is 0 Å². The van der Waals surface area contributed by atoms with Gasteiger partial charge in [0.2, 0.25) is 0 Å². The van der Waals surface area contributed by atoms with Crippen molar-refractivity contribution in [2.45, 2.75) is 21.7 Å². The zero-order valence-corrected chi connectivity index (χ0v) is 16.8. The number of thioether (sulfide) groups is 1. The van der Waals surface area contributed by atoms with E-state index in [9.17, 15) is 30.7 Å². The number of nitrogens with zero attached hydrogens (tertiary/aromatic N) is 1. The van der Waals surface area contributed by atoms with Crippen molar-refractivity contribution in [2.75, 3.05) is 0 Å². The molecule has 0 amide bonds. The summed E-state index contributed by atoms with van der Waals surface area (Å²) in [4.78, 5) is 3.30. The van der Waals surface area contributed by atoms with E-state index in [0.717, 1.165) is 12.2 Å². The Morgan fingerprint density at radius 2 is 1.73 bits per heavy atom. The minimum absolute atomic E-state index is 0.00388. The lowest BCUT2D eigenvalue weighted by Crippen LogP contribution is -2.50. The fourth-order valence-electron chi connectivity index (χ4n) is 1.93. The number of halogens is 10. The molecule has 143 valence electrons. The summed E-state index contributed by atoms with van der Waals surface area (Å²) in [6.45, 7) is 0.